The molecule has 0 bridgehead atoms. The average Bonchev–Trinajstić information content (AvgIpc) is 2.53. The maximum Gasteiger partial charge on any atom is 0.163 e. The number of nitrogens with zero attached hydrogens (tertiary/aromatic N) is 1. The van der Waals surface area contributed by atoms with Crippen LogP contribution in [0.3, 0.4) is 0 Å². The van der Waals surface area contributed by atoms with Gasteiger partial charge in [-0.2, -0.15) is 0 Å². The molecule has 2 aromatic rings. The highest BCUT2D eigenvalue weighted by molar-refractivity contribution is 5.85. The van der Waals surface area contributed by atoms with Crippen LogP contribution in [-0.2, 0) is 0 Å². The first-order valence-corrected chi connectivity index (χ1v) is 5.70. The summed E-state index contributed by atoms with van der Waals surface area (Å²) in [6.07, 6.45) is 0.902. The molecule has 0 atom stereocenters. The number of aromatic nitrogens is 1. The van der Waals surface area contributed by atoms with Crippen molar-refractivity contribution in [3.8, 4) is 11.5 Å². The molecule has 17 heavy (non-hydrogen) atoms. The van der Waals surface area contributed by atoms with Gasteiger partial charge >= 0.3 is 0 Å². The van der Waals surface area contributed by atoms with Gasteiger partial charge in [-0.1, -0.05) is 0 Å². The van der Waals surface area contributed by atoms with Crippen molar-refractivity contribution in [2.45, 2.75) is 13.3 Å². The number of hydrogen-bond acceptors (Lipinski definition) is 4. The molecule has 4 heteroatoms. The quantitative estimate of drug-likeness (QED) is 0.754. The van der Waals surface area contributed by atoms with Crippen molar-refractivity contribution in [2.24, 2.45) is 0 Å². The van der Waals surface area contributed by atoms with Gasteiger partial charge in [-0.05, 0) is 24.6 Å². The summed E-state index contributed by atoms with van der Waals surface area (Å²) in [5.41, 5.74) is 7.63. The van der Waals surface area contributed by atoms with E-state index in [1.54, 1.807) is 0 Å². The SMILES string of the molecule is Cc1cc2cc3c(cc2nc1N)OCCCO3. The zero-order valence-corrected chi connectivity index (χ0v) is 9.69. The molecule has 0 spiro atoms. The van der Waals surface area contributed by atoms with Gasteiger partial charge in [0.05, 0.1) is 18.7 Å². The van der Waals surface area contributed by atoms with E-state index in [0.29, 0.717) is 19.0 Å². The number of rotatable bonds is 0. The number of pyridine rings is 1. The van der Waals surface area contributed by atoms with E-state index in [1.165, 1.54) is 0 Å². The predicted octanol–water partition coefficient (Wildman–Crippen LogP) is 2.29. The van der Waals surface area contributed by atoms with E-state index < -0.39 is 0 Å². The fourth-order valence-electron chi connectivity index (χ4n) is 1.95. The van der Waals surface area contributed by atoms with Gasteiger partial charge in [-0.15, -0.1) is 0 Å². The summed E-state index contributed by atoms with van der Waals surface area (Å²) in [6, 6.07) is 5.88. The normalized spacial score (nSPS) is 14.6. The van der Waals surface area contributed by atoms with Gasteiger partial charge in [0.25, 0.3) is 0 Å². The van der Waals surface area contributed by atoms with Gasteiger partial charge in [-0.25, -0.2) is 4.98 Å². The number of ether oxygens (including phenoxy) is 2. The Labute approximate surface area is 99.4 Å². The summed E-state index contributed by atoms with van der Waals surface area (Å²) < 4.78 is 11.3. The molecule has 2 N–H and O–H groups in total. The zero-order valence-electron chi connectivity index (χ0n) is 9.69. The minimum Gasteiger partial charge on any atom is -0.490 e. The Morgan fingerprint density at radius 3 is 2.59 bits per heavy atom. The number of hydrogen-bond donors (Lipinski definition) is 1. The summed E-state index contributed by atoms with van der Waals surface area (Å²) in [7, 11) is 0. The Balaban J connectivity index is 2.22. The second kappa shape index (κ2) is 3.80. The Hall–Kier alpha value is -1.97. The molecule has 4 nitrogen and oxygen atoms in total. The monoisotopic (exact) mass is 230 g/mol. The van der Waals surface area contributed by atoms with Crippen molar-refractivity contribution < 1.29 is 9.47 Å². The first kappa shape index (κ1) is 10.2. The number of aryl methyl sites for hydroxylation is 1. The van der Waals surface area contributed by atoms with Crippen LogP contribution in [-0.4, -0.2) is 18.2 Å². The molecule has 0 saturated heterocycles. The molecular weight excluding hydrogens is 216 g/mol. The molecule has 0 amide bonds. The van der Waals surface area contributed by atoms with Crippen LogP contribution >= 0.6 is 0 Å². The maximum absolute atomic E-state index is 5.81. The second-order valence-corrected chi connectivity index (χ2v) is 4.23. The van der Waals surface area contributed by atoms with Gasteiger partial charge in [0.15, 0.2) is 11.5 Å². The van der Waals surface area contributed by atoms with Gasteiger partial charge in [-0.3, -0.25) is 0 Å². The summed E-state index contributed by atoms with van der Waals surface area (Å²) in [5.74, 6) is 2.11. The van der Waals surface area contributed by atoms with E-state index in [9.17, 15) is 0 Å². The number of anilines is 1. The largest absolute Gasteiger partial charge is 0.490 e. The van der Waals surface area contributed by atoms with E-state index in [1.807, 2.05) is 25.1 Å². The molecule has 1 aromatic heterocycles. The van der Waals surface area contributed by atoms with Gasteiger partial charge in [0.1, 0.15) is 5.82 Å². The lowest BCUT2D eigenvalue weighted by Gasteiger charge is -2.09. The maximum atomic E-state index is 5.81. The molecule has 0 aliphatic carbocycles. The van der Waals surface area contributed by atoms with Crippen molar-refractivity contribution in [1.82, 2.24) is 4.98 Å². The first-order chi connectivity index (χ1) is 8.24. The van der Waals surface area contributed by atoms with Crippen LogP contribution < -0.4 is 15.2 Å². The van der Waals surface area contributed by atoms with E-state index in [-0.39, 0.29) is 0 Å². The Bertz CT molecular complexity index is 531. The molecular formula is C13H14N2O2. The van der Waals surface area contributed by atoms with E-state index in [4.69, 9.17) is 15.2 Å². The highest BCUT2D eigenvalue weighted by atomic mass is 16.5. The van der Waals surface area contributed by atoms with Crippen LogP contribution in [0.25, 0.3) is 10.9 Å². The number of nitrogens with two attached hydrogens (primary N) is 1. The fourth-order valence-corrected chi connectivity index (χ4v) is 1.95. The minimum absolute atomic E-state index is 0.562. The highest BCUT2D eigenvalue weighted by Gasteiger charge is 2.12. The van der Waals surface area contributed by atoms with E-state index >= 15 is 0 Å². The van der Waals surface area contributed by atoms with Crippen LogP contribution in [0.1, 0.15) is 12.0 Å². The summed E-state index contributed by atoms with van der Waals surface area (Å²) in [5, 5.41) is 1.03. The van der Waals surface area contributed by atoms with E-state index in [0.717, 1.165) is 34.4 Å². The van der Waals surface area contributed by atoms with Crippen molar-refractivity contribution in [3.63, 3.8) is 0 Å². The molecule has 88 valence electrons. The summed E-state index contributed by atoms with van der Waals surface area (Å²) in [4.78, 5) is 4.36. The van der Waals surface area contributed by atoms with Crippen molar-refractivity contribution in [2.75, 3.05) is 18.9 Å². The number of fused-ring (bicyclic) bond motifs is 2. The standard InChI is InChI=1S/C13H14N2O2/c1-8-5-9-6-11-12(17-4-2-3-16-11)7-10(9)15-13(8)14/h5-7H,2-4H2,1H3,(H2,14,15). The van der Waals surface area contributed by atoms with Crippen molar-refractivity contribution in [1.29, 1.82) is 0 Å². The number of nitrogen functional groups attached to an aromatic ring is 1. The highest BCUT2D eigenvalue weighted by Crippen LogP contribution is 2.34. The van der Waals surface area contributed by atoms with Crippen LogP contribution in [0.2, 0.25) is 0 Å². The van der Waals surface area contributed by atoms with Crippen LogP contribution in [0.5, 0.6) is 11.5 Å². The average molecular weight is 230 g/mol. The minimum atomic E-state index is 0.562. The fraction of sp³-hybridized carbons (Fsp3) is 0.308. The van der Waals surface area contributed by atoms with E-state index in [2.05, 4.69) is 4.98 Å². The summed E-state index contributed by atoms with van der Waals surface area (Å²) >= 11 is 0. The number of benzene rings is 1. The van der Waals surface area contributed by atoms with Gasteiger partial charge in [0, 0.05) is 17.9 Å². The topological polar surface area (TPSA) is 57.4 Å². The predicted molar refractivity (Wildman–Crippen MR) is 66.5 cm³/mol. The molecule has 1 aliphatic rings. The lowest BCUT2D eigenvalue weighted by atomic mass is 10.1. The Morgan fingerprint density at radius 2 is 1.82 bits per heavy atom. The summed E-state index contributed by atoms with van der Waals surface area (Å²) in [6.45, 7) is 3.32. The Kier molecular flexibility index (Phi) is 2.28. The lowest BCUT2D eigenvalue weighted by molar-refractivity contribution is 0.297. The van der Waals surface area contributed by atoms with Gasteiger partial charge < -0.3 is 15.2 Å². The molecule has 0 saturated carbocycles. The second-order valence-electron chi connectivity index (χ2n) is 4.23. The lowest BCUT2D eigenvalue weighted by Crippen LogP contribution is -1.97. The third kappa shape index (κ3) is 1.75. The van der Waals surface area contributed by atoms with Crippen molar-refractivity contribution >= 4 is 16.7 Å². The molecule has 0 unspecified atom stereocenters. The Morgan fingerprint density at radius 1 is 1.12 bits per heavy atom. The smallest absolute Gasteiger partial charge is 0.163 e. The third-order valence-corrected chi connectivity index (χ3v) is 2.91. The van der Waals surface area contributed by atoms with Gasteiger partial charge in [0.2, 0.25) is 0 Å². The van der Waals surface area contributed by atoms with Crippen LogP contribution in [0.15, 0.2) is 18.2 Å². The molecule has 1 aliphatic heterocycles. The molecule has 3 rings (SSSR count). The molecule has 0 radical (unpaired) electrons. The van der Waals surface area contributed by atoms with Crippen LogP contribution in [0, 0.1) is 6.92 Å². The molecule has 1 aromatic carbocycles. The van der Waals surface area contributed by atoms with Crippen LogP contribution in [0.4, 0.5) is 5.82 Å². The third-order valence-electron chi connectivity index (χ3n) is 2.91. The van der Waals surface area contributed by atoms with Crippen molar-refractivity contribution in [3.05, 3.63) is 23.8 Å². The molecule has 2 heterocycles. The first-order valence-electron chi connectivity index (χ1n) is 5.70. The molecule has 0 fully saturated rings. The zero-order chi connectivity index (χ0) is 11.8.